The van der Waals surface area contributed by atoms with Gasteiger partial charge in [-0.3, -0.25) is 4.57 Å². The molecule has 0 spiro atoms. The SMILES string of the molecule is Cc1cc(F)c(-n2c(=S)[nH]c3cc(Cl)c(Cl)cc32)cc1F. The van der Waals surface area contributed by atoms with Gasteiger partial charge in [-0.25, -0.2) is 8.78 Å². The number of hydrogen-bond acceptors (Lipinski definition) is 1. The fourth-order valence-electron chi connectivity index (χ4n) is 2.15. The smallest absolute Gasteiger partial charge is 0.182 e. The molecule has 21 heavy (non-hydrogen) atoms. The maximum Gasteiger partial charge on any atom is 0.182 e. The molecule has 0 unspecified atom stereocenters. The van der Waals surface area contributed by atoms with Gasteiger partial charge in [0.1, 0.15) is 11.6 Å². The molecular weight excluding hydrogens is 337 g/mol. The molecule has 0 amide bonds. The third-order valence-corrected chi connectivity index (χ3v) is 4.20. The molecule has 2 nitrogen and oxygen atoms in total. The quantitative estimate of drug-likeness (QED) is 0.571. The number of H-pyrrole nitrogens is 1. The van der Waals surface area contributed by atoms with E-state index in [0.29, 0.717) is 21.1 Å². The van der Waals surface area contributed by atoms with Gasteiger partial charge in [0.15, 0.2) is 4.77 Å². The highest BCUT2D eigenvalue weighted by Gasteiger charge is 2.15. The highest BCUT2D eigenvalue weighted by atomic mass is 35.5. The summed E-state index contributed by atoms with van der Waals surface area (Å²) >= 11 is 17.1. The van der Waals surface area contributed by atoms with Gasteiger partial charge in [-0.15, -0.1) is 0 Å². The standard InChI is InChI=1S/C14H8Cl2F2N2S/c1-6-2-10(18)12(5-9(6)17)20-13-4-8(16)7(15)3-11(13)19-14(20)21/h2-5H,1H3,(H,19,21). The summed E-state index contributed by atoms with van der Waals surface area (Å²) in [6.07, 6.45) is 0. The van der Waals surface area contributed by atoms with Gasteiger partial charge in [0, 0.05) is 6.07 Å². The lowest BCUT2D eigenvalue weighted by molar-refractivity contribution is 0.586. The van der Waals surface area contributed by atoms with E-state index in [9.17, 15) is 8.78 Å². The summed E-state index contributed by atoms with van der Waals surface area (Å²) in [6.45, 7) is 1.49. The molecule has 3 rings (SSSR count). The van der Waals surface area contributed by atoms with Crippen LogP contribution >= 0.6 is 35.4 Å². The maximum absolute atomic E-state index is 14.2. The second kappa shape index (κ2) is 5.09. The molecule has 3 aromatic rings. The van der Waals surface area contributed by atoms with Crippen molar-refractivity contribution in [3.8, 4) is 5.69 Å². The molecule has 0 fully saturated rings. The lowest BCUT2D eigenvalue weighted by Gasteiger charge is -2.08. The highest BCUT2D eigenvalue weighted by molar-refractivity contribution is 7.71. The second-order valence-corrected chi connectivity index (χ2v) is 5.80. The zero-order chi connectivity index (χ0) is 15.3. The fourth-order valence-corrected chi connectivity index (χ4v) is 2.78. The van der Waals surface area contributed by atoms with Crippen molar-refractivity contribution < 1.29 is 8.78 Å². The Morgan fingerprint density at radius 2 is 1.71 bits per heavy atom. The number of aromatic amines is 1. The minimum atomic E-state index is -0.572. The Bertz CT molecular complexity index is 931. The molecule has 1 aromatic heterocycles. The van der Waals surface area contributed by atoms with E-state index in [1.807, 2.05) is 0 Å². The lowest BCUT2D eigenvalue weighted by Crippen LogP contribution is -2.00. The Kier molecular flexibility index (Phi) is 3.51. The van der Waals surface area contributed by atoms with E-state index in [2.05, 4.69) is 4.98 Å². The van der Waals surface area contributed by atoms with Gasteiger partial charge in [0.05, 0.1) is 26.8 Å². The van der Waals surface area contributed by atoms with E-state index in [1.165, 1.54) is 11.5 Å². The minimum absolute atomic E-state index is 0.0211. The summed E-state index contributed by atoms with van der Waals surface area (Å²) in [7, 11) is 0. The Morgan fingerprint density at radius 3 is 2.43 bits per heavy atom. The molecule has 0 atom stereocenters. The van der Waals surface area contributed by atoms with Crippen molar-refractivity contribution in [2.75, 3.05) is 0 Å². The van der Waals surface area contributed by atoms with Crippen LogP contribution < -0.4 is 0 Å². The van der Waals surface area contributed by atoms with Crippen LogP contribution in [0.2, 0.25) is 10.0 Å². The van der Waals surface area contributed by atoms with Crippen molar-refractivity contribution in [1.29, 1.82) is 0 Å². The lowest BCUT2D eigenvalue weighted by atomic mass is 10.2. The largest absolute Gasteiger partial charge is 0.330 e. The average molecular weight is 345 g/mol. The Morgan fingerprint density at radius 1 is 1.05 bits per heavy atom. The topological polar surface area (TPSA) is 20.7 Å². The monoisotopic (exact) mass is 344 g/mol. The molecule has 0 bridgehead atoms. The molecule has 1 N–H and O–H groups in total. The van der Waals surface area contributed by atoms with Crippen molar-refractivity contribution in [2.24, 2.45) is 0 Å². The van der Waals surface area contributed by atoms with Crippen LogP contribution in [-0.4, -0.2) is 9.55 Å². The predicted octanol–water partition coefficient (Wildman–Crippen LogP) is 5.58. The van der Waals surface area contributed by atoms with E-state index >= 15 is 0 Å². The van der Waals surface area contributed by atoms with Crippen LogP contribution in [0.5, 0.6) is 0 Å². The van der Waals surface area contributed by atoms with Crippen LogP contribution in [0.3, 0.4) is 0 Å². The molecule has 0 saturated carbocycles. The van der Waals surface area contributed by atoms with Gasteiger partial charge in [-0.1, -0.05) is 23.2 Å². The number of aromatic nitrogens is 2. The Labute approximate surface area is 133 Å². The zero-order valence-electron chi connectivity index (χ0n) is 10.7. The summed E-state index contributed by atoms with van der Waals surface area (Å²) in [5.74, 6) is -1.08. The molecule has 108 valence electrons. The number of nitrogens with one attached hydrogen (secondary N) is 1. The first-order valence-corrected chi connectivity index (χ1v) is 7.10. The molecule has 0 aliphatic rings. The van der Waals surface area contributed by atoms with Crippen LogP contribution in [0.15, 0.2) is 24.3 Å². The van der Waals surface area contributed by atoms with Crippen molar-refractivity contribution in [2.45, 2.75) is 6.92 Å². The first-order chi connectivity index (χ1) is 9.88. The summed E-state index contributed by atoms with van der Waals surface area (Å²) in [5.41, 5.74) is 1.36. The Balaban J connectivity index is 2.40. The number of halogens is 4. The molecule has 0 aliphatic heterocycles. The third-order valence-electron chi connectivity index (χ3n) is 3.19. The normalized spacial score (nSPS) is 11.3. The number of rotatable bonds is 1. The first kappa shape index (κ1) is 14.5. The van der Waals surface area contributed by atoms with Crippen LogP contribution in [0.25, 0.3) is 16.7 Å². The maximum atomic E-state index is 14.2. The molecule has 1 heterocycles. The fraction of sp³-hybridized carbons (Fsp3) is 0.0714. The van der Waals surface area contributed by atoms with Gasteiger partial charge < -0.3 is 4.98 Å². The van der Waals surface area contributed by atoms with Crippen LogP contribution in [0, 0.1) is 23.3 Å². The van der Waals surface area contributed by atoms with E-state index in [0.717, 1.165) is 12.1 Å². The van der Waals surface area contributed by atoms with Crippen molar-refractivity contribution in [3.05, 3.63) is 56.3 Å². The average Bonchev–Trinajstić information content (AvgIpc) is 2.70. The Hall–Kier alpha value is -1.43. The second-order valence-electron chi connectivity index (χ2n) is 4.60. The summed E-state index contributed by atoms with van der Waals surface area (Å²) in [5, 5.41) is 0.656. The van der Waals surface area contributed by atoms with Crippen LogP contribution in [0.1, 0.15) is 5.56 Å². The van der Waals surface area contributed by atoms with E-state index in [-0.39, 0.29) is 16.0 Å². The summed E-state index contributed by atoms with van der Waals surface area (Å²) in [4.78, 5) is 2.90. The van der Waals surface area contributed by atoms with Crippen LogP contribution in [0.4, 0.5) is 8.78 Å². The molecule has 0 radical (unpaired) electrons. The van der Waals surface area contributed by atoms with Crippen molar-refractivity contribution in [1.82, 2.24) is 9.55 Å². The van der Waals surface area contributed by atoms with Crippen LogP contribution in [-0.2, 0) is 0 Å². The zero-order valence-corrected chi connectivity index (χ0v) is 13.0. The van der Waals surface area contributed by atoms with Gasteiger partial charge in [0.2, 0.25) is 0 Å². The first-order valence-electron chi connectivity index (χ1n) is 5.94. The number of hydrogen-bond donors (Lipinski definition) is 1. The summed E-state index contributed by atoms with van der Waals surface area (Å²) < 4.78 is 29.6. The number of aryl methyl sites for hydroxylation is 1. The molecule has 0 aliphatic carbocycles. The van der Waals surface area contributed by atoms with E-state index in [4.69, 9.17) is 35.4 Å². The molecular formula is C14H8Cl2F2N2S. The van der Waals surface area contributed by atoms with Crippen molar-refractivity contribution in [3.63, 3.8) is 0 Å². The van der Waals surface area contributed by atoms with Crippen molar-refractivity contribution >= 4 is 46.5 Å². The van der Waals surface area contributed by atoms with E-state index in [1.54, 1.807) is 12.1 Å². The summed E-state index contributed by atoms with van der Waals surface area (Å²) in [6, 6.07) is 5.38. The number of nitrogens with zero attached hydrogens (tertiary/aromatic N) is 1. The predicted molar refractivity (Wildman–Crippen MR) is 83.1 cm³/mol. The highest BCUT2D eigenvalue weighted by Crippen LogP contribution is 2.30. The third kappa shape index (κ3) is 2.35. The number of benzene rings is 2. The van der Waals surface area contributed by atoms with E-state index < -0.39 is 11.6 Å². The number of imidazole rings is 1. The molecule has 7 heteroatoms. The molecule has 2 aromatic carbocycles. The number of fused-ring (bicyclic) bond motifs is 1. The molecule has 0 saturated heterocycles. The van der Waals surface area contributed by atoms with Gasteiger partial charge in [-0.2, -0.15) is 0 Å². The minimum Gasteiger partial charge on any atom is -0.330 e. The van der Waals surface area contributed by atoms with Gasteiger partial charge in [0.25, 0.3) is 0 Å². The van der Waals surface area contributed by atoms with Gasteiger partial charge >= 0.3 is 0 Å². The van der Waals surface area contributed by atoms with Gasteiger partial charge in [-0.05, 0) is 42.9 Å².